The van der Waals surface area contributed by atoms with E-state index in [0.717, 1.165) is 5.69 Å². The Bertz CT molecular complexity index is 349. The zero-order valence-corrected chi connectivity index (χ0v) is 10.4. The van der Waals surface area contributed by atoms with Crippen LogP contribution in [-0.2, 0) is 21.4 Å². The summed E-state index contributed by atoms with van der Waals surface area (Å²) in [6.07, 6.45) is 2.53. The van der Waals surface area contributed by atoms with Gasteiger partial charge >= 0.3 is 5.97 Å². The highest BCUT2D eigenvalue weighted by Crippen LogP contribution is 2.21. The third-order valence-electron chi connectivity index (χ3n) is 2.08. The Morgan fingerprint density at radius 3 is 2.69 bits per heavy atom. The van der Waals surface area contributed by atoms with Gasteiger partial charge < -0.3 is 9.15 Å². The maximum absolute atomic E-state index is 11.1. The van der Waals surface area contributed by atoms with E-state index in [1.165, 1.54) is 0 Å². The monoisotopic (exact) mass is 225 g/mol. The third-order valence-corrected chi connectivity index (χ3v) is 2.08. The maximum Gasteiger partial charge on any atom is 0.306 e. The molecule has 0 N–H and O–H groups in total. The van der Waals surface area contributed by atoms with E-state index >= 15 is 0 Å². The van der Waals surface area contributed by atoms with Crippen LogP contribution in [0.1, 0.15) is 45.7 Å². The van der Waals surface area contributed by atoms with E-state index in [0.29, 0.717) is 25.3 Å². The maximum atomic E-state index is 11.1. The van der Waals surface area contributed by atoms with Gasteiger partial charge in [-0.25, -0.2) is 4.98 Å². The molecule has 0 radical (unpaired) electrons. The molecule has 0 atom stereocenters. The Kier molecular flexibility index (Phi) is 4.10. The standard InChI is InChI=1S/C12H19NO3/c1-5-15-10(14)7-6-9-8-16-11(13-9)12(2,3)4/h8H,5-7H2,1-4H3. The van der Waals surface area contributed by atoms with Crippen molar-refractivity contribution in [2.45, 2.75) is 46.0 Å². The molecule has 90 valence electrons. The van der Waals surface area contributed by atoms with Crippen LogP contribution in [0.3, 0.4) is 0 Å². The number of carbonyl (C=O) groups excluding carboxylic acids is 1. The van der Waals surface area contributed by atoms with E-state index in [9.17, 15) is 4.79 Å². The fraction of sp³-hybridized carbons (Fsp3) is 0.667. The number of carbonyl (C=O) groups is 1. The second-order valence-corrected chi connectivity index (χ2v) is 4.70. The first-order chi connectivity index (χ1) is 7.43. The van der Waals surface area contributed by atoms with Gasteiger partial charge in [-0.1, -0.05) is 20.8 Å². The predicted molar refractivity (Wildman–Crippen MR) is 60.2 cm³/mol. The molecule has 0 saturated heterocycles. The number of esters is 1. The van der Waals surface area contributed by atoms with E-state index in [1.54, 1.807) is 13.2 Å². The zero-order valence-electron chi connectivity index (χ0n) is 10.4. The van der Waals surface area contributed by atoms with E-state index in [1.807, 2.05) is 20.8 Å². The molecule has 0 aromatic carbocycles. The smallest absolute Gasteiger partial charge is 0.306 e. The van der Waals surface area contributed by atoms with E-state index in [2.05, 4.69) is 4.98 Å². The van der Waals surface area contributed by atoms with Gasteiger partial charge in [-0.3, -0.25) is 4.79 Å². The van der Waals surface area contributed by atoms with Crippen molar-refractivity contribution in [3.05, 3.63) is 17.8 Å². The Morgan fingerprint density at radius 1 is 1.50 bits per heavy atom. The lowest BCUT2D eigenvalue weighted by Crippen LogP contribution is -2.11. The largest absolute Gasteiger partial charge is 0.466 e. The van der Waals surface area contributed by atoms with Crippen LogP contribution in [0.5, 0.6) is 0 Å². The van der Waals surface area contributed by atoms with Gasteiger partial charge in [0, 0.05) is 11.8 Å². The highest BCUT2D eigenvalue weighted by Gasteiger charge is 2.20. The molecule has 0 amide bonds. The van der Waals surface area contributed by atoms with Gasteiger partial charge in [-0.05, 0) is 6.92 Å². The molecule has 1 aromatic heterocycles. The van der Waals surface area contributed by atoms with Gasteiger partial charge in [0.1, 0.15) is 6.26 Å². The van der Waals surface area contributed by atoms with Gasteiger partial charge in [-0.15, -0.1) is 0 Å². The molecule has 0 unspecified atom stereocenters. The van der Waals surface area contributed by atoms with Crippen LogP contribution in [-0.4, -0.2) is 17.6 Å². The lowest BCUT2D eigenvalue weighted by Gasteiger charge is -2.11. The number of aromatic nitrogens is 1. The van der Waals surface area contributed by atoms with E-state index < -0.39 is 0 Å². The Hall–Kier alpha value is -1.32. The number of hydrogen-bond acceptors (Lipinski definition) is 4. The molecule has 1 heterocycles. The molecule has 0 aliphatic heterocycles. The highest BCUT2D eigenvalue weighted by atomic mass is 16.5. The van der Waals surface area contributed by atoms with Crippen molar-refractivity contribution in [3.63, 3.8) is 0 Å². The first-order valence-electron chi connectivity index (χ1n) is 5.54. The molecule has 0 aliphatic rings. The van der Waals surface area contributed by atoms with Gasteiger partial charge in [0.2, 0.25) is 0 Å². The molecule has 0 bridgehead atoms. The predicted octanol–water partition coefficient (Wildman–Crippen LogP) is 2.47. The van der Waals surface area contributed by atoms with Crippen LogP contribution in [0.15, 0.2) is 10.7 Å². The second kappa shape index (κ2) is 5.14. The lowest BCUT2D eigenvalue weighted by molar-refractivity contribution is -0.143. The molecule has 1 rings (SSSR count). The average Bonchev–Trinajstić information content (AvgIpc) is 2.63. The minimum atomic E-state index is -0.192. The minimum Gasteiger partial charge on any atom is -0.466 e. The van der Waals surface area contributed by atoms with E-state index in [4.69, 9.17) is 9.15 Å². The van der Waals surface area contributed by atoms with Crippen molar-refractivity contribution in [1.82, 2.24) is 4.98 Å². The number of rotatable bonds is 4. The van der Waals surface area contributed by atoms with Crippen molar-refractivity contribution in [2.24, 2.45) is 0 Å². The van der Waals surface area contributed by atoms with Crippen LogP contribution in [0.25, 0.3) is 0 Å². The fourth-order valence-electron chi connectivity index (χ4n) is 1.23. The summed E-state index contributed by atoms with van der Waals surface area (Å²) in [5, 5.41) is 0. The molecule has 4 heteroatoms. The number of oxazole rings is 1. The quantitative estimate of drug-likeness (QED) is 0.739. The minimum absolute atomic E-state index is 0.0951. The fourth-order valence-corrected chi connectivity index (χ4v) is 1.23. The van der Waals surface area contributed by atoms with Crippen LogP contribution in [0, 0.1) is 0 Å². The summed E-state index contributed by atoms with van der Waals surface area (Å²) in [7, 11) is 0. The topological polar surface area (TPSA) is 52.3 Å². The van der Waals surface area contributed by atoms with Crippen molar-refractivity contribution in [3.8, 4) is 0 Å². The average molecular weight is 225 g/mol. The molecule has 0 aliphatic carbocycles. The summed E-state index contributed by atoms with van der Waals surface area (Å²) < 4.78 is 10.2. The number of aryl methyl sites for hydroxylation is 1. The molecular weight excluding hydrogens is 206 g/mol. The highest BCUT2D eigenvalue weighted by molar-refractivity contribution is 5.69. The Labute approximate surface area is 96.0 Å². The lowest BCUT2D eigenvalue weighted by atomic mass is 9.97. The molecule has 16 heavy (non-hydrogen) atoms. The molecule has 4 nitrogen and oxygen atoms in total. The molecule has 1 aromatic rings. The van der Waals surface area contributed by atoms with Crippen molar-refractivity contribution in [2.75, 3.05) is 6.61 Å². The second-order valence-electron chi connectivity index (χ2n) is 4.70. The molecule has 0 spiro atoms. The van der Waals surface area contributed by atoms with Gasteiger partial charge in [-0.2, -0.15) is 0 Å². The summed E-state index contributed by atoms with van der Waals surface area (Å²) >= 11 is 0. The number of ether oxygens (including phenoxy) is 1. The van der Waals surface area contributed by atoms with Crippen LogP contribution < -0.4 is 0 Å². The Balaban J connectivity index is 2.50. The van der Waals surface area contributed by atoms with Gasteiger partial charge in [0.15, 0.2) is 5.89 Å². The summed E-state index contributed by atoms with van der Waals surface area (Å²) in [6.45, 7) is 8.33. The van der Waals surface area contributed by atoms with Crippen molar-refractivity contribution < 1.29 is 13.9 Å². The first kappa shape index (κ1) is 12.7. The van der Waals surface area contributed by atoms with Gasteiger partial charge in [0.05, 0.1) is 18.7 Å². The van der Waals surface area contributed by atoms with Crippen molar-refractivity contribution in [1.29, 1.82) is 0 Å². The summed E-state index contributed by atoms with van der Waals surface area (Å²) in [6, 6.07) is 0. The van der Waals surface area contributed by atoms with Crippen molar-refractivity contribution >= 4 is 5.97 Å². The van der Waals surface area contributed by atoms with E-state index in [-0.39, 0.29) is 11.4 Å². The molecule has 0 fully saturated rings. The summed E-state index contributed by atoms with van der Waals surface area (Å²) in [5.74, 6) is 0.508. The number of hydrogen-bond donors (Lipinski definition) is 0. The summed E-state index contributed by atoms with van der Waals surface area (Å²) in [5.41, 5.74) is 0.709. The van der Waals surface area contributed by atoms with Crippen LogP contribution >= 0.6 is 0 Å². The Morgan fingerprint density at radius 2 is 2.19 bits per heavy atom. The normalized spacial score (nSPS) is 11.5. The zero-order chi connectivity index (χ0) is 12.2. The SMILES string of the molecule is CCOC(=O)CCc1coc(C(C)(C)C)n1. The number of nitrogens with zero attached hydrogens (tertiary/aromatic N) is 1. The van der Waals surface area contributed by atoms with Crippen LogP contribution in [0.2, 0.25) is 0 Å². The molecule has 0 saturated carbocycles. The molecular formula is C12H19NO3. The third kappa shape index (κ3) is 3.68. The van der Waals surface area contributed by atoms with Crippen LogP contribution in [0.4, 0.5) is 0 Å². The summed E-state index contributed by atoms with van der Waals surface area (Å²) in [4.78, 5) is 15.5. The first-order valence-corrected chi connectivity index (χ1v) is 5.54. The van der Waals surface area contributed by atoms with Gasteiger partial charge in [0.25, 0.3) is 0 Å².